The summed E-state index contributed by atoms with van der Waals surface area (Å²) in [5, 5.41) is 7.17. The van der Waals surface area contributed by atoms with Gasteiger partial charge in [-0.1, -0.05) is 11.2 Å². The fourth-order valence-electron chi connectivity index (χ4n) is 1.77. The highest BCUT2D eigenvalue weighted by atomic mass is 16.5. The average molecular weight is 276 g/mol. The number of aromatic nitrogens is 3. The number of ether oxygens (including phenoxy) is 1. The van der Waals surface area contributed by atoms with Crippen LogP contribution in [0.5, 0.6) is 5.88 Å². The summed E-state index contributed by atoms with van der Waals surface area (Å²) in [4.78, 5) is 8.54. The number of pyridine rings is 1. The van der Waals surface area contributed by atoms with Gasteiger partial charge in [-0.05, 0) is 26.0 Å². The Hall–Kier alpha value is -1.95. The van der Waals surface area contributed by atoms with E-state index in [0.717, 1.165) is 18.4 Å². The number of methoxy groups -OCH3 is 1. The van der Waals surface area contributed by atoms with Crippen LogP contribution in [0.25, 0.3) is 0 Å². The highest BCUT2D eigenvalue weighted by Gasteiger charge is 2.09. The zero-order valence-corrected chi connectivity index (χ0v) is 12.1. The van der Waals surface area contributed by atoms with Crippen LogP contribution in [-0.2, 0) is 12.8 Å². The summed E-state index contributed by atoms with van der Waals surface area (Å²) >= 11 is 0. The van der Waals surface area contributed by atoms with Gasteiger partial charge >= 0.3 is 0 Å². The second-order valence-corrected chi connectivity index (χ2v) is 4.72. The number of nitrogens with one attached hydrogen (secondary N) is 1. The summed E-state index contributed by atoms with van der Waals surface area (Å²) < 4.78 is 10.3. The molecule has 2 heterocycles. The lowest BCUT2D eigenvalue weighted by atomic mass is 10.2. The fraction of sp³-hybridized carbons (Fsp3) is 0.500. The molecule has 1 N–H and O–H groups in total. The molecule has 0 fully saturated rings. The van der Waals surface area contributed by atoms with Crippen LogP contribution in [0.15, 0.2) is 22.9 Å². The molecule has 0 amide bonds. The zero-order chi connectivity index (χ0) is 14.4. The van der Waals surface area contributed by atoms with E-state index >= 15 is 0 Å². The van der Waals surface area contributed by atoms with Crippen molar-refractivity contribution in [3.05, 3.63) is 35.6 Å². The van der Waals surface area contributed by atoms with Gasteiger partial charge in [0.2, 0.25) is 11.8 Å². The maximum atomic E-state index is 5.24. The Kier molecular flexibility index (Phi) is 5.06. The van der Waals surface area contributed by atoms with Crippen molar-refractivity contribution in [2.24, 2.45) is 0 Å². The molecular formula is C14H20N4O2. The standard InChI is InChI=1S/C14H20N4O2/c1-10(15-2)4-6-14-17-12(18-20-14)8-11-5-7-13(19-3)16-9-11/h5,7,9-10,15H,4,6,8H2,1-3H3. The lowest BCUT2D eigenvalue weighted by Gasteiger charge is -2.06. The molecule has 1 atom stereocenters. The third-order valence-electron chi connectivity index (χ3n) is 3.16. The minimum atomic E-state index is 0.441. The van der Waals surface area contributed by atoms with Gasteiger partial charge in [0.1, 0.15) is 0 Å². The van der Waals surface area contributed by atoms with E-state index in [-0.39, 0.29) is 0 Å². The Bertz CT molecular complexity index is 524. The number of aryl methyl sites for hydroxylation is 1. The molecule has 0 bridgehead atoms. The van der Waals surface area contributed by atoms with Crippen LogP contribution in [0.4, 0.5) is 0 Å². The molecule has 2 aromatic rings. The highest BCUT2D eigenvalue weighted by molar-refractivity contribution is 5.20. The molecule has 0 aliphatic carbocycles. The van der Waals surface area contributed by atoms with Crippen molar-refractivity contribution >= 4 is 0 Å². The van der Waals surface area contributed by atoms with Crippen LogP contribution in [0.1, 0.15) is 30.6 Å². The summed E-state index contributed by atoms with van der Waals surface area (Å²) in [6.07, 6.45) is 4.14. The van der Waals surface area contributed by atoms with Crippen molar-refractivity contribution in [2.45, 2.75) is 32.2 Å². The van der Waals surface area contributed by atoms with Crippen molar-refractivity contribution in [3.8, 4) is 5.88 Å². The largest absolute Gasteiger partial charge is 0.481 e. The van der Waals surface area contributed by atoms with Gasteiger partial charge in [0.25, 0.3) is 0 Å². The zero-order valence-electron chi connectivity index (χ0n) is 12.1. The van der Waals surface area contributed by atoms with Crippen LogP contribution in [0.3, 0.4) is 0 Å². The second kappa shape index (κ2) is 7.00. The maximum absolute atomic E-state index is 5.24. The topological polar surface area (TPSA) is 73.1 Å². The number of nitrogens with zero attached hydrogens (tertiary/aromatic N) is 3. The van der Waals surface area contributed by atoms with Crippen LogP contribution in [0, 0.1) is 0 Å². The van der Waals surface area contributed by atoms with Crippen molar-refractivity contribution in [2.75, 3.05) is 14.2 Å². The number of hydrogen-bond acceptors (Lipinski definition) is 6. The van der Waals surface area contributed by atoms with Crippen LogP contribution < -0.4 is 10.1 Å². The van der Waals surface area contributed by atoms with E-state index in [0.29, 0.717) is 30.1 Å². The van der Waals surface area contributed by atoms with Crippen LogP contribution in [0.2, 0.25) is 0 Å². The maximum Gasteiger partial charge on any atom is 0.226 e. The molecule has 6 nitrogen and oxygen atoms in total. The number of rotatable bonds is 7. The first kappa shape index (κ1) is 14.5. The van der Waals surface area contributed by atoms with Crippen molar-refractivity contribution < 1.29 is 9.26 Å². The minimum Gasteiger partial charge on any atom is -0.481 e. The molecule has 108 valence electrons. The Balaban J connectivity index is 1.91. The van der Waals surface area contributed by atoms with Gasteiger partial charge in [-0.3, -0.25) is 0 Å². The quantitative estimate of drug-likeness (QED) is 0.828. The molecular weight excluding hydrogens is 256 g/mol. The van der Waals surface area contributed by atoms with Crippen molar-refractivity contribution in [1.82, 2.24) is 20.4 Å². The predicted molar refractivity (Wildman–Crippen MR) is 74.7 cm³/mol. The Morgan fingerprint density at radius 3 is 2.90 bits per heavy atom. The molecule has 0 aliphatic rings. The summed E-state index contributed by atoms with van der Waals surface area (Å²) in [6, 6.07) is 4.21. The SMILES string of the molecule is CNC(C)CCc1nc(Cc2ccc(OC)nc2)no1. The lowest BCUT2D eigenvalue weighted by Crippen LogP contribution is -2.21. The third kappa shape index (κ3) is 4.03. The highest BCUT2D eigenvalue weighted by Crippen LogP contribution is 2.11. The molecule has 0 saturated carbocycles. The summed E-state index contributed by atoms with van der Waals surface area (Å²) in [5.41, 5.74) is 1.03. The van der Waals surface area contributed by atoms with Crippen molar-refractivity contribution in [3.63, 3.8) is 0 Å². The summed E-state index contributed by atoms with van der Waals surface area (Å²) in [5.74, 6) is 1.97. The Morgan fingerprint density at radius 2 is 2.25 bits per heavy atom. The van der Waals surface area contributed by atoms with E-state index in [1.165, 1.54) is 0 Å². The molecule has 0 aliphatic heterocycles. The first-order valence-corrected chi connectivity index (χ1v) is 6.69. The molecule has 2 aromatic heterocycles. The monoisotopic (exact) mass is 276 g/mol. The summed E-state index contributed by atoms with van der Waals surface area (Å²) in [7, 11) is 3.54. The Morgan fingerprint density at radius 1 is 1.40 bits per heavy atom. The van der Waals surface area contributed by atoms with Gasteiger partial charge < -0.3 is 14.6 Å². The minimum absolute atomic E-state index is 0.441. The smallest absolute Gasteiger partial charge is 0.226 e. The first-order chi connectivity index (χ1) is 9.71. The van der Waals surface area contributed by atoms with Gasteiger partial charge in [0.05, 0.1) is 7.11 Å². The predicted octanol–water partition coefficient (Wildman–Crippen LogP) is 1.60. The van der Waals surface area contributed by atoms with Crippen molar-refractivity contribution in [1.29, 1.82) is 0 Å². The van der Waals surface area contributed by atoms with Gasteiger partial charge in [0, 0.05) is 31.1 Å². The molecule has 0 aromatic carbocycles. The summed E-state index contributed by atoms with van der Waals surface area (Å²) in [6.45, 7) is 2.13. The van der Waals surface area contributed by atoms with Gasteiger partial charge in [0.15, 0.2) is 5.82 Å². The first-order valence-electron chi connectivity index (χ1n) is 6.69. The Labute approximate surface area is 118 Å². The molecule has 20 heavy (non-hydrogen) atoms. The van der Waals surface area contributed by atoms with E-state index in [4.69, 9.17) is 9.26 Å². The second-order valence-electron chi connectivity index (χ2n) is 4.72. The molecule has 0 saturated heterocycles. The molecule has 6 heteroatoms. The lowest BCUT2D eigenvalue weighted by molar-refractivity contribution is 0.365. The van der Waals surface area contributed by atoms with E-state index < -0.39 is 0 Å². The molecule has 1 unspecified atom stereocenters. The fourth-order valence-corrected chi connectivity index (χ4v) is 1.77. The van der Waals surface area contributed by atoms with Gasteiger partial charge in [-0.15, -0.1) is 0 Å². The third-order valence-corrected chi connectivity index (χ3v) is 3.16. The number of hydrogen-bond donors (Lipinski definition) is 1. The molecule has 0 radical (unpaired) electrons. The average Bonchev–Trinajstić information content (AvgIpc) is 2.93. The van der Waals surface area contributed by atoms with Gasteiger partial charge in [-0.2, -0.15) is 4.98 Å². The van der Waals surface area contributed by atoms with E-state index in [1.807, 2.05) is 19.2 Å². The van der Waals surface area contributed by atoms with Gasteiger partial charge in [-0.25, -0.2) is 4.98 Å². The molecule has 0 spiro atoms. The normalized spacial score (nSPS) is 12.3. The molecule has 2 rings (SSSR count). The van der Waals surface area contributed by atoms with E-state index in [9.17, 15) is 0 Å². The van der Waals surface area contributed by atoms with Crippen LogP contribution in [-0.4, -0.2) is 35.3 Å². The van der Waals surface area contributed by atoms with E-state index in [1.54, 1.807) is 13.3 Å². The van der Waals surface area contributed by atoms with Crippen LogP contribution >= 0.6 is 0 Å². The van der Waals surface area contributed by atoms with E-state index in [2.05, 4.69) is 27.4 Å².